The fraction of sp³-hybridized carbons (Fsp3) is 0.357. The Morgan fingerprint density at radius 2 is 1.82 bits per heavy atom. The Balaban J connectivity index is 1.39. The van der Waals surface area contributed by atoms with Crippen LogP contribution in [0.5, 0.6) is 0 Å². The van der Waals surface area contributed by atoms with Crippen molar-refractivity contribution >= 4 is 46.7 Å². The minimum Gasteiger partial charge on any atom is -0.459 e. The minimum absolute atomic E-state index is 0.140. The molecule has 1 aliphatic heterocycles. The Morgan fingerprint density at radius 1 is 1.13 bits per heavy atom. The molecule has 4 rings (SSSR count). The highest BCUT2D eigenvalue weighted by molar-refractivity contribution is 6.36. The van der Waals surface area contributed by atoms with E-state index in [2.05, 4.69) is 25.9 Å². The molecule has 0 bridgehead atoms. The van der Waals surface area contributed by atoms with Crippen LogP contribution in [0.4, 0.5) is 11.6 Å². The number of amides is 1. The average Bonchev–Trinajstić information content (AvgIpc) is 2.88. The van der Waals surface area contributed by atoms with Crippen molar-refractivity contribution in [1.29, 1.82) is 0 Å². The summed E-state index contributed by atoms with van der Waals surface area (Å²) in [4.78, 5) is 34.2. The van der Waals surface area contributed by atoms with E-state index in [0.29, 0.717) is 46.6 Å². The van der Waals surface area contributed by atoms with Gasteiger partial charge in [0, 0.05) is 39.3 Å². The molecule has 1 amide bonds. The maximum absolute atomic E-state index is 12.9. The van der Waals surface area contributed by atoms with Gasteiger partial charge in [-0.15, -0.1) is 0 Å². The first-order chi connectivity index (χ1) is 18.5. The summed E-state index contributed by atoms with van der Waals surface area (Å²) in [5, 5.41) is 10.4. The van der Waals surface area contributed by atoms with Gasteiger partial charge in [0.1, 0.15) is 11.6 Å². The first-order valence-corrected chi connectivity index (χ1v) is 13.4. The molecule has 2 heterocycles. The second kappa shape index (κ2) is 12.2. The van der Waals surface area contributed by atoms with E-state index in [0.717, 1.165) is 17.5 Å². The van der Waals surface area contributed by atoms with E-state index in [1.54, 1.807) is 48.7 Å². The third kappa shape index (κ3) is 7.59. The van der Waals surface area contributed by atoms with Crippen LogP contribution >= 0.6 is 23.2 Å². The molecule has 1 aromatic heterocycles. The molecule has 0 saturated carbocycles. The number of ether oxygens (including phenoxy) is 1. The summed E-state index contributed by atoms with van der Waals surface area (Å²) in [6, 6.07) is 11.8. The molecule has 39 heavy (non-hydrogen) atoms. The second-order valence-corrected chi connectivity index (χ2v) is 11.2. The molecular formula is C28H32Cl2N6O3. The number of hydrogen-bond acceptors (Lipinski definition) is 8. The van der Waals surface area contributed by atoms with Crippen molar-refractivity contribution in [2.75, 3.05) is 17.6 Å². The van der Waals surface area contributed by atoms with Crippen molar-refractivity contribution in [3.8, 4) is 11.3 Å². The molecule has 11 heteroatoms. The number of hydrogen-bond donors (Lipinski definition) is 4. The molecule has 0 radical (unpaired) electrons. The molecule has 3 aromatic rings. The number of carbonyl (C=O) groups is 2. The normalized spacial score (nSPS) is 17.4. The largest absolute Gasteiger partial charge is 0.459 e. The number of carbonyl (C=O) groups excluding carboxylic acids is 2. The third-order valence-electron chi connectivity index (χ3n) is 6.17. The highest BCUT2D eigenvalue weighted by Gasteiger charge is 2.31. The number of piperidine rings is 1. The van der Waals surface area contributed by atoms with Gasteiger partial charge >= 0.3 is 5.97 Å². The van der Waals surface area contributed by atoms with Crippen molar-refractivity contribution in [1.82, 2.24) is 20.6 Å². The number of esters is 1. The quantitative estimate of drug-likeness (QED) is 0.297. The topological polar surface area (TPSA) is 131 Å². The summed E-state index contributed by atoms with van der Waals surface area (Å²) < 4.78 is 5.49. The molecule has 1 aliphatic rings. The number of nitrogens with one attached hydrogen (secondary N) is 3. The summed E-state index contributed by atoms with van der Waals surface area (Å²) in [7, 11) is 0. The van der Waals surface area contributed by atoms with Gasteiger partial charge in [-0.3, -0.25) is 9.59 Å². The first-order valence-electron chi connectivity index (χ1n) is 12.7. The lowest BCUT2D eigenvalue weighted by molar-refractivity contribution is -0.158. The maximum Gasteiger partial charge on any atom is 0.323 e. The summed E-state index contributed by atoms with van der Waals surface area (Å²) in [5.74, 6) is 0.123. The van der Waals surface area contributed by atoms with Crippen LogP contribution < -0.4 is 21.7 Å². The molecule has 5 N–H and O–H groups in total. The fourth-order valence-corrected chi connectivity index (χ4v) is 4.73. The Labute approximate surface area is 237 Å². The monoisotopic (exact) mass is 570 g/mol. The van der Waals surface area contributed by atoms with Gasteiger partial charge in [-0.25, -0.2) is 9.97 Å². The number of rotatable bonds is 7. The number of nitrogens with zero attached hydrogens (tertiary/aromatic N) is 2. The molecule has 0 spiro atoms. The maximum atomic E-state index is 12.9. The van der Waals surface area contributed by atoms with E-state index < -0.39 is 11.6 Å². The standard InChI is InChI=1S/C28H32Cl2N6O3/c1-28(2,3)39-27(38)22-13-18(11-12-32-22)35-26(37)17-9-7-16(8-10-17)23-15-33-24(31)25(36-23)34-14-19-20(29)5-4-6-21(19)30/h4-10,15,18,22,32H,11-14H2,1-3H3,(H2,31,33)(H,34,36)(H,35,37)/t18?,22-/m1/s1. The lowest BCUT2D eigenvalue weighted by atomic mass is 9.98. The fourth-order valence-electron chi connectivity index (χ4n) is 4.20. The van der Waals surface area contributed by atoms with Gasteiger partial charge in [0.25, 0.3) is 5.91 Å². The van der Waals surface area contributed by atoms with Gasteiger partial charge < -0.3 is 26.4 Å². The number of halogens is 2. The lowest BCUT2D eigenvalue weighted by Gasteiger charge is -2.31. The van der Waals surface area contributed by atoms with Crippen LogP contribution in [0.2, 0.25) is 10.0 Å². The van der Waals surface area contributed by atoms with Gasteiger partial charge in [-0.05, 0) is 64.4 Å². The average molecular weight is 572 g/mol. The minimum atomic E-state index is -0.564. The van der Waals surface area contributed by atoms with Crippen LogP contribution in [0.1, 0.15) is 49.5 Å². The van der Waals surface area contributed by atoms with E-state index in [1.165, 1.54) is 0 Å². The zero-order valence-corrected chi connectivity index (χ0v) is 23.6. The van der Waals surface area contributed by atoms with Crippen molar-refractivity contribution < 1.29 is 14.3 Å². The number of nitrogens with two attached hydrogens (primary N) is 1. The molecule has 1 fully saturated rings. The molecule has 2 aromatic carbocycles. The Morgan fingerprint density at radius 3 is 2.49 bits per heavy atom. The molecular weight excluding hydrogens is 539 g/mol. The van der Waals surface area contributed by atoms with Crippen molar-refractivity contribution in [2.45, 2.75) is 57.8 Å². The number of anilines is 2. The van der Waals surface area contributed by atoms with Crippen LogP contribution in [0, 0.1) is 0 Å². The predicted octanol–water partition coefficient (Wildman–Crippen LogP) is 4.84. The molecule has 1 saturated heterocycles. The summed E-state index contributed by atoms with van der Waals surface area (Å²) in [5.41, 5.74) is 8.05. The number of nitrogen functional groups attached to an aromatic ring is 1. The van der Waals surface area contributed by atoms with Crippen molar-refractivity contribution in [3.63, 3.8) is 0 Å². The zero-order chi connectivity index (χ0) is 28.2. The Kier molecular flexibility index (Phi) is 8.94. The molecule has 2 atom stereocenters. The number of benzene rings is 2. The Bertz CT molecular complexity index is 1320. The van der Waals surface area contributed by atoms with E-state index in [-0.39, 0.29) is 23.7 Å². The van der Waals surface area contributed by atoms with Crippen LogP contribution in [0.3, 0.4) is 0 Å². The zero-order valence-electron chi connectivity index (χ0n) is 22.1. The van der Waals surface area contributed by atoms with E-state index in [1.807, 2.05) is 20.8 Å². The molecule has 9 nitrogen and oxygen atoms in total. The van der Waals surface area contributed by atoms with Crippen molar-refractivity contribution in [3.05, 3.63) is 69.8 Å². The van der Waals surface area contributed by atoms with Crippen molar-refractivity contribution in [2.24, 2.45) is 0 Å². The Hall–Kier alpha value is -3.40. The lowest BCUT2D eigenvalue weighted by Crippen LogP contribution is -2.52. The van der Waals surface area contributed by atoms with E-state index in [9.17, 15) is 9.59 Å². The van der Waals surface area contributed by atoms with Gasteiger partial charge in [0.05, 0.1) is 11.9 Å². The SMILES string of the molecule is CC(C)(C)OC(=O)[C@H]1CC(NC(=O)c2ccc(-c3cnc(N)c(NCc4c(Cl)cccc4Cl)n3)cc2)CCN1. The summed E-state index contributed by atoms with van der Waals surface area (Å²) in [6.07, 6.45) is 2.76. The van der Waals surface area contributed by atoms with Crippen LogP contribution in [-0.4, -0.2) is 46.1 Å². The van der Waals surface area contributed by atoms with Crippen LogP contribution in [0.25, 0.3) is 11.3 Å². The van der Waals surface area contributed by atoms with E-state index >= 15 is 0 Å². The molecule has 0 aliphatic carbocycles. The number of aromatic nitrogens is 2. The van der Waals surface area contributed by atoms with Gasteiger partial charge in [-0.2, -0.15) is 0 Å². The highest BCUT2D eigenvalue weighted by Crippen LogP contribution is 2.27. The highest BCUT2D eigenvalue weighted by atomic mass is 35.5. The van der Waals surface area contributed by atoms with Crippen LogP contribution in [-0.2, 0) is 16.1 Å². The van der Waals surface area contributed by atoms with Gasteiger partial charge in [0.2, 0.25) is 0 Å². The van der Waals surface area contributed by atoms with Gasteiger partial charge in [0.15, 0.2) is 11.6 Å². The summed E-state index contributed by atoms with van der Waals surface area (Å²) >= 11 is 12.5. The van der Waals surface area contributed by atoms with E-state index in [4.69, 9.17) is 33.7 Å². The van der Waals surface area contributed by atoms with Gasteiger partial charge in [-0.1, -0.05) is 41.4 Å². The third-order valence-corrected chi connectivity index (χ3v) is 6.88. The second-order valence-electron chi connectivity index (χ2n) is 10.4. The molecule has 1 unspecified atom stereocenters. The summed E-state index contributed by atoms with van der Waals surface area (Å²) in [6.45, 7) is 6.44. The predicted molar refractivity (Wildman–Crippen MR) is 154 cm³/mol. The van der Waals surface area contributed by atoms with Crippen LogP contribution in [0.15, 0.2) is 48.7 Å². The first kappa shape index (κ1) is 28.6. The smallest absolute Gasteiger partial charge is 0.323 e. The molecule has 206 valence electrons.